The molecule has 0 unspecified atom stereocenters. The summed E-state index contributed by atoms with van der Waals surface area (Å²) in [7, 11) is 0. The highest BCUT2D eigenvalue weighted by Crippen LogP contribution is 2.35. The highest BCUT2D eigenvalue weighted by atomic mass is 16.5. The molecule has 2 aliphatic heterocycles. The van der Waals surface area contributed by atoms with Gasteiger partial charge in [0.05, 0.1) is 18.9 Å². The number of hydrogen-bond donors (Lipinski definition) is 2. The monoisotopic (exact) mass is 234 g/mol. The van der Waals surface area contributed by atoms with Gasteiger partial charge in [-0.1, -0.05) is 0 Å². The molecule has 0 aliphatic carbocycles. The number of rotatable bonds is 1. The predicted molar refractivity (Wildman–Crippen MR) is 67.9 cm³/mol. The van der Waals surface area contributed by atoms with Gasteiger partial charge in [-0.3, -0.25) is 0 Å². The Kier molecular flexibility index (Phi) is 2.81. The van der Waals surface area contributed by atoms with Crippen LogP contribution in [0, 0.1) is 0 Å². The van der Waals surface area contributed by atoms with E-state index in [0.29, 0.717) is 5.75 Å². The molecule has 0 saturated carbocycles. The molecule has 2 N–H and O–H groups in total. The van der Waals surface area contributed by atoms with Gasteiger partial charge in [-0.05, 0) is 24.5 Å². The van der Waals surface area contributed by atoms with Gasteiger partial charge in [0.2, 0.25) is 0 Å². The van der Waals surface area contributed by atoms with E-state index in [0.717, 1.165) is 50.6 Å². The second-order valence-electron chi connectivity index (χ2n) is 4.63. The lowest BCUT2D eigenvalue weighted by Crippen LogP contribution is -2.36. The number of aromatic hydroxyl groups is 1. The van der Waals surface area contributed by atoms with Crippen molar-refractivity contribution in [1.29, 1.82) is 0 Å². The van der Waals surface area contributed by atoms with Crippen molar-refractivity contribution in [3.63, 3.8) is 0 Å². The van der Waals surface area contributed by atoms with Crippen LogP contribution in [0.25, 0.3) is 0 Å². The highest BCUT2D eigenvalue weighted by Gasteiger charge is 2.18. The number of phenolic OH excluding ortho intramolecular Hbond substituents is 1. The van der Waals surface area contributed by atoms with Crippen molar-refractivity contribution in [2.45, 2.75) is 12.8 Å². The minimum atomic E-state index is 0.375. The first-order valence-corrected chi connectivity index (χ1v) is 6.27. The molecule has 1 aromatic rings. The standard InChI is InChI=1S/C13H18N2O2/c16-13-9-11-10(2-1-3-14-11)8-12(13)15-4-6-17-7-5-15/h8-9,14,16H,1-7H2. The van der Waals surface area contributed by atoms with Crippen molar-refractivity contribution in [2.24, 2.45) is 0 Å². The third kappa shape index (κ3) is 2.05. The van der Waals surface area contributed by atoms with Gasteiger partial charge in [0, 0.05) is 31.4 Å². The predicted octanol–water partition coefficient (Wildman–Crippen LogP) is 1.59. The maximum atomic E-state index is 10.1. The van der Waals surface area contributed by atoms with Crippen molar-refractivity contribution in [2.75, 3.05) is 43.1 Å². The summed E-state index contributed by atoms with van der Waals surface area (Å²) in [6, 6.07) is 3.99. The molecule has 0 spiro atoms. The third-order valence-electron chi connectivity index (χ3n) is 3.49. The van der Waals surface area contributed by atoms with Gasteiger partial charge >= 0.3 is 0 Å². The van der Waals surface area contributed by atoms with Gasteiger partial charge in [0.15, 0.2) is 0 Å². The van der Waals surface area contributed by atoms with Crippen LogP contribution in [0.5, 0.6) is 5.75 Å². The van der Waals surface area contributed by atoms with Crippen LogP contribution in [0.2, 0.25) is 0 Å². The number of fused-ring (bicyclic) bond motifs is 1. The lowest BCUT2D eigenvalue weighted by Gasteiger charge is -2.31. The first-order valence-electron chi connectivity index (χ1n) is 6.27. The van der Waals surface area contributed by atoms with Gasteiger partial charge in [0.1, 0.15) is 5.75 Å². The SMILES string of the molecule is Oc1cc2c(cc1N1CCOCC1)CCCN2. The summed E-state index contributed by atoms with van der Waals surface area (Å²) in [6.07, 6.45) is 2.26. The molecule has 0 amide bonds. The summed E-state index contributed by atoms with van der Waals surface area (Å²) in [4.78, 5) is 2.20. The van der Waals surface area contributed by atoms with Gasteiger partial charge in [-0.2, -0.15) is 0 Å². The van der Waals surface area contributed by atoms with Crippen LogP contribution < -0.4 is 10.2 Å². The molecule has 92 valence electrons. The van der Waals surface area contributed by atoms with Crippen LogP contribution >= 0.6 is 0 Å². The molecule has 1 fully saturated rings. The molecule has 3 rings (SSSR count). The zero-order chi connectivity index (χ0) is 11.7. The zero-order valence-electron chi connectivity index (χ0n) is 9.91. The molecule has 0 aromatic heterocycles. The van der Waals surface area contributed by atoms with Crippen molar-refractivity contribution in [3.8, 4) is 5.75 Å². The number of nitrogens with one attached hydrogen (secondary N) is 1. The summed E-state index contributed by atoms with van der Waals surface area (Å²) < 4.78 is 5.34. The van der Waals surface area contributed by atoms with Crippen LogP contribution in [0.3, 0.4) is 0 Å². The maximum Gasteiger partial charge on any atom is 0.140 e. The summed E-state index contributed by atoms with van der Waals surface area (Å²) in [6.45, 7) is 4.21. The first-order chi connectivity index (χ1) is 8.34. The first kappa shape index (κ1) is 10.7. The van der Waals surface area contributed by atoms with E-state index in [1.807, 2.05) is 6.07 Å². The van der Waals surface area contributed by atoms with E-state index < -0.39 is 0 Å². The van der Waals surface area contributed by atoms with Crippen LogP contribution in [-0.4, -0.2) is 38.0 Å². The number of ether oxygens (including phenoxy) is 1. The van der Waals surface area contributed by atoms with Gasteiger partial charge in [-0.15, -0.1) is 0 Å². The van der Waals surface area contributed by atoms with E-state index in [4.69, 9.17) is 4.74 Å². The zero-order valence-corrected chi connectivity index (χ0v) is 9.91. The lowest BCUT2D eigenvalue weighted by molar-refractivity contribution is 0.122. The van der Waals surface area contributed by atoms with E-state index in [9.17, 15) is 5.11 Å². The Labute approximate surface area is 101 Å². The van der Waals surface area contributed by atoms with E-state index in [2.05, 4.69) is 16.3 Å². The molecule has 1 aromatic carbocycles. The summed E-state index contributed by atoms with van der Waals surface area (Å²) in [5, 5.41) is 13.4. The Morgan fingerprint density at radius 1 is 1.24 bits per heavy atom. The summed E-state index contributed by atoms with van der Waals surface area (Å²) in [5.74, 6) is 0.375. The van der Waals surface area contributed by atoms with Crippen molar-refractivity contribution < 1.29 is 9.84 Å². The molecule has 0 bridgehead atoms. The van der Waals surface area contributed by atoms with Gasteiger partial charge in [0.25, 0.3) is 0 Å². The Balaban J connectivity index is 1.93. The minimum absolute atomic E-state index is 0.375. The highest BCUT2D eigenvalue weighted by molar-refractivity contribution is 5.69. The van der Waals surface area contributed by atoms with Crippen molar-refractivity contribution in [3.05, 3.63) is 17.7 Å². The fourth-order valence-electron chi connectivity index (χ4n) is 2.55. The molecule has 2 aliphatic rings. The molecule has 0 radical (unpaired) electrons. The van der Waals surface area contributed by atoms with E-state index in [-0.39, 0.29) is 0 Å². The van der Waals surface area contributed by atoms with Crippen molar-refractivity contribution in [1.82, 2.24) is 0 Å². The van der Waals surface area contributed by atoms with E-state index >= 15 is 0 Å². The summed E-state index contributed by atoms with van der Waals surface area (Å²) in [5.41, 5.74) is 3.36. The molecule has 4 nitrogen and oxygen atoms in total. The Bertz CT molecular complexity index is 414. The second-order valence-corrected chi connectivity index (χ2v) is 4.63. The average molecular weight is 234 g/mol. The van der Waals surface area contributed by atoms with Gasteiger partial charge in [-0.25, -0.2) is 0 Å². The minimum Gasteiger partial charge on any atom is -0.506 e. The smallest absolute Gasteiger partial charge is 0.140 e. The third-order valence-corrected chi connectivity index (χ3v) is 3.49. The molecule has 1 saturated heterocycles. The Morgan fingerprint density at radius 3 is 2.88 bits per heavy atom. The topological polar surface area (TPSA) is 44.7 Å². The maximum absolute atomic E-state index is 10.1. The number of hydrogen-bond acceptors (Lipinski definition) is 4. The quantitative estimate of drug-likeness (QED) is 0.774. The van der Waals surface area contributed by atoms with Gasteiger partial charge < -0.3 is 20.1 Å². The van der Waals surface area contributed by atoms with E-state index in [1.165, 1.54) is 12.0 Å². The molecule has 17 heavy (non-hydrogen) atoms. The average Bonchev–Trinajstić information content (AvgIpc) is 2.39. The fourth-order valence-corrected chi connectivity index (χ4v) is 2.55. The Morgan fingerprint density at radius 2 is 2.06 bits per heavy atom. The van der Waals surface area contributed by atoms with Crippen LogP contribution in [-0.2, 0) is 11.2 Å². The van der Waals surface area contributed by atoms with Crippen molar-refractivity contribution >= 4 is 11.4 Å². The number of morpholine rings is 1. The number of benzene rings is 1. The largest absolute Gasteiger partial charge is 0.506 e. The molecule has 2 heterocycles. The normalized spacial score (nSPS) is 19.6. The second kappa shape index (κ2) is 4.45. The van der Waals surface area contributed by atoms with Crippen LogP contribution in [0.4, 0.5) is 11.4 Å². The number of nitrogens with zero attached hydrogens (tertiary/aromatic N) is 1. The molecular formula is C13H18N2O2. The summed E-state index contributed by atoms with van der Waals surface area (Å²) >= 11 is 0. The van der Waals surface area contributed by atoms with E-state index in [1.54, 1.807) is 0 Å². The molecule has 4 heteroatoms. The molecular weight excluding hydrogens is 216 g/mol. The fraction of sp³-hybridized carbons (Fsp3) is 0.538. The van der Waals surface area contributed by atoms with Crippen LogP contribution in [0.15, 0.2) is 12.1 Å². The van der Waals surface area contributed by atoms with Crippen LogP contribution in [0.1, 0.15) is 12.0 Å². The molecule has 0 atom stereocenters. The number of phenols is 1. The number of aryl methyl sites for hydroxylation is 1. The number of anilines is 2. The lowest BCUT2D eigenvalue weighted by atomic mass is 10.0. The Hall–Kier alpha value is -1.42.